The molecule has 0 aromatic rings. The quantitative estimate of drug-likeness (QED) is 0.848. The van der Waals surface area contributed by atoms with Crippen LogP contribution >= 0.6 is 0 Å². The Bertz CT molecular complexity index is 394. The Labute approximate surface area is 141 Å². The summed E-state index contributed by atoms with van der Waals surface area (Å²) in [7, 11) is 2.20. The van der Waals surface area contributed by atoms with Crippen molar-refractivity contribution in [1.29, 1.82) is 0 Å². The molecule has 3 unspecified atom stereocenters. The number of rotatable bonds is 2. The van der Waals surface area contributed by atoms with Gasteiger partial charge in [-0.3, -0.25) is 0 Å². The lowest BCUT2D eigenvalue weighted by Crippen LogP contribution is -2.57. The molecule has 2 fully saturated rings. The average Bonchev–Trinajstić information content (AvgIpc) is 2.64. The smallest absolute Gasteiger partial charge is 0.410 e. The minimum Gasteiger partial charge on any atom is -0.444 e. The van der Waals surface area contributed by atoms with E-state index in [2.05, 4.69) is 24.2 Å². The minimum atomic E-state index is -0.428. The molecule has 0 spiro atoms. The fourth-order valence-corrected chi connectivity index (χ4v) is 3.65. The number of likely N-dealkylation sites (tertiary alicyclic amines) is 2. The highest BCUT2D eigenvalue weighted by Gasteiger charge is 2.34. The molecule has 5 nitrogen and oxygen atoms in total. The van der Waals surface area contributed by atoms with Crippen LogP contribution < -0.4 is 5.32 Å². The Hall–Kier alpha value is -0.810. The van der Waals surface area contributed by atoms with Gasteiger partial charge in [0.05, 0.1) is 0 Å². The highest BCUT2D eigenvalue weighted by molar-refractivity contribution is 5.68. The number of hydrogen-bond acceptors (Lipinski definition) is 4. The third kappa shape index (κ3) is 5.64. The first-order valence-electron chi connectivity index (χ1n) is 9.20. The van der Waals surface area contributed by atoms with Crippen molar-refractivity contribution in [2.75, 3.05) is 26.7 Å². The summed E-state index contributed by atoms with van der Waals surface area (Å²) in [5.41, 5.74) is -0.428. The van der Waals surface area contributed by atoms with Crippen LogP contribution in [0.2, 0.25) is 0 Å². The van der Waals surface area contributed by atoms with E-state index in [0.29, 0.717) is 12.1 Å². The molecule has 5 heteroatoms. The van der Waals surface area contributed by atoms with Crippen LogP contribution in [-0.4, -0.2) is 66.3 Å². The van der Waals surface area contributed by atoms with Crippen LogP contribution in [0, 0.1) is 0 Å². The summed E-state index contributed by atoms with van der Waals surface area (Å²) in [6, 6.07) is 1.15. The Morgan fingerprint density at radius 2 is 1.78 bits per heavy atom. The summed E-state index contributed by atoms with van der Waals surface area (Å²) >= 11 is 0. The largest absolute Gasteiger partial charge is 0.444 e. The highest BCUT2D eigenvalue weighted by atomic mass is 16.6. The second kappa shape index (κ2) is 7.84. The number of hydrogen-bond donors (Lipinski definition) is 1. The molecule has 1 N–H and O–H groups in total. The molecule has 0 radical (unpaired) electrons. The van der Waals surface area contributed by atoms with Crippen LogP contribution in [0.1, 0.15) is 59.8 Å². The van der Waals surface area contributed by atoms with Crippen molar-refractivity contribution in [2.45, 2.75) is 83.5 Å². The topological polar surface area (TPSA) is 44.8 Å². The molecule has 2 aliphatic heterocycles. The van der Waals surface area contributed by atoms with Gasteiger partial charge in [0.2, 0.25) is 0 Å². The maximum atomic E-state index is 12.4. The van der Waals surface area contributed by atoms with Gasteiger partial charge in [-0.05, 0) is 79.9 Å². The van der Waals surface area contributed by atoms with E-state index in [1.807, 2.05) is 25.7 Å². The molecule has 23 heavy (non-hydrogen) atoms. The van der Waals surface area contributed by atoms with E-state index in [-0.39, 0.29) is 12.1 Å². The molecule has 2 aliphatic rings. The fraction of sp³-hybridized carbons (Fsp3) is 0.944. The predicted molar refractivity (Wildman–Crippen MR) is 93.7 cm³/mol. The Morgan fingerprint density at radius 3 is 2.48 bits per heavy atom. The number of nitrogens with one attached hydrogen (secondary N) is 1. The standard InChI is InChI=1S/C18H35N3O2/c1-14-16(19-15-8-6-11-20(5)13-10-15)9-7-12-21(14)17(22)23-18(2,3)4/h14-16,19H,6-13H2,1-5H3. The second-order valence-corrected chi connectivity index (χ2v) is 8.26. The van der Waals surface area contributed by atoms with Crippen LogP contribution in [-0.2, 0) is 4.74 Å². The lowest BCUT2D eigenvalue weighted by molar-refractivity contribution is 0.00619. The zero-order valence-corrected chi connectivity index (χ0v) is 15.6. The molecular formula is C18H35N3O2. The lowest BCUT2D eigenvalue weighted by atomic mass is 9.95. The molecule has 2 heterocycles. The van der Waals surface area contributed by atoms with E-state index in [4.69, 9.17) is 4.74 Å². The van der Waals surface area contributed by atoms with Gasteiger partial charge in [0.1, 0.15) is 5.60 Å². The predicted octanol–water partition coefficient (Wildman–Crippen LogP) is 2.85. The van der Waals surface area contributed by atoms with Crippen LogP contribution in [0.25, 0.3) is 0 Å². The molecular weight excluding hydrogens is 290 g/mol. The molecule has 2 saturated heterocycles. The third-order valence-corrected chi connectivity index (χ3v) is 5.02. The van der Waals surface area contributed by atoms with Crippen molar-refractivity contribution in [1.82, 2.24) is 15.1 Å². The molecule has 3 atom stereocenters. The van der Waals surface area contributed by atoms with Gasteiger partial charge < -0.3 is 19.9 Å². The number of nitrogens with zero attached hydrogens (tertiary/aromatic N) is 2. The van der Waals surface area contributed by atoms with Gasteiger partial charge >= 0.3 is 6.09 Å². The summed E-state index contributed by atoms with van der Waals surface area (Å²) in [5.74, 6) is 0. The number of carbonyl (C=O) groups excluding carboxylic acids is 1. The van der Waals surface area contributed by atoms with E-state index in [1.54, 1.807) is 0 Å². The van der Waals surface area contributed by atoms with Gasteiger partial charge in [-0.15, -0.1) is 0 Å². The van der Waals surface area contributed by atoms with Crippen LogP contribution in [0.3, 0.4) is 0 Å². The van der Waals surface area contributed by atoms with Crippen molar-refractivity contribution < 1.29 is 9.53 Å². The van der Waals surface area contributed by atoms with Crippen molar-refractivity contribution >= 4 is 6.09 Å². The second-order valence-electron chi connectivity index (χ2n) is 8.26. The zero-order chi connectivity index (χ0) is 17.0. The number of piperidine rings is 1. The summed E-state index contributed by atoms with van der Waals surface area (Å²) in [5, 5.41) is 3.84. The number of amides is 1. The van der Waals surface area contributed by atoms with Gasteiger partial charge in [-0.1, -0.05) is 0 Å². The van der Waals surface area contributed by atoms with Crippen molar-refractivity contribution in [3.05, 3.63) is 0 Å². The molecule has 134 valence electrons. The zero-order valence-electron chi connectivity index (χ0n) is 15.6. The third-order valence-electron chi connectivity index (χ3n) is 5.02. The summed E-state index contributed by atoms with van der Waals surface area (Å²) < 4.78 is 5.57. The molecule has 0 aromatic heterocycles. The normalized spacial score (nSPS) is 30.8. The Morgan fingerprint density at radius 1 is 1.09 bits per heavy atom. The van der Waals surface area contributed by atoms with Gasteiger partial charge in [-0.25, -0.2) is 4.79 Å². The van der Waals surface area contributed by atoms with Crippen molar-refractivity contribution in [3.63, 3.8) is 0 Å². The van der Waals surface area contributed by atoms with Gasteiger partial charge in [0.15, 0.2) is 0 Å². The molecule has 0 saturated carbocycles. The number of carbonyl (C=O) groups is 1. The molecule has 0 aromatic carbocycles. The minimum absolute atomic E-state index is 0.169. The number of ether oxygens (including phenoxy) is 1. The van der Waals surface area contributed by atoms with E-state index in [0.717, 1.165) is 25.9 Å². The van der Waals surface area contributed by atoms with Crippen LogP contribution in [0.15, 0.2) is 0 Å². The van der Waals surface area contributed by atoms with E-state index in [1.165, 1.54) is 25.8 Å². The summed E-state index contributed by atoms with van der Waals surface area (Å²) in [6.07, 6.45) is 5.72. The van der Waals surface area contributed by atoms with Crippen molar-refractivity contribution in [2.24, 2.45) is 0 Å². The molecule has 0 aliphatic carbocycles. The van der Waals surface area contributed by atoms with Crippen LogP contribution in [0.4, 0.5) is 4.79 Å². The van der Waals surface area contributed by atoms with Crippen LogP contribution in [0.5, 0.6) is 0 Å². The molecule has 0 bridgehead atoms. The van der Waals surface area contributed by atoms with E-state index >= 15 is 0 Å². The van der Waals surface area contributed by atoms with Crippen molar-refractivity contribution in [3.8, 4) is 0 Å². The average molecular weight is 325 g/mol. The Balaban J connectivity index is 1.91. The summed E-state index contributed by atoms with van der Waals surface area (Å²) in [4.78, 5) is 16.8. The fourth-order valence-electron chi connectivity index (χ4n) is 3.65. The SMILES string of the molecule is CC1C(NC2CCCN(C)CC2)CCCN1C(=O)OC(C)(C)C. The lowest BCUT2D eigenvalue weighted by Gasteiger charge is -2.41. The molecule has 2 rings (SSSR count). The summed E-state index contributed by atoms with van der Waals surface area (Å²) in [6.45, 7) is 11.1. The van der Waals surface area contributed by atoms with Gasteiger partial charge in [0, 0.05) is 24.7 Å². The first kappa shape index (κ1) is 18.5. The molecule has 1 amide bonds. The maximum absolute atomic E-state index is 12.4. The first-order valence-corrected chi connectivity index (χ1v) is 9.20. The monoisotopic (exact) mass is 325 g/mol. The van der Waals surface area contributed by atoms with E-state index < -0.39 is 5.60 Å². The van der Waals surface area contributed by atoms with E-state index in [9.17, 15) is 4.79 Å². The highest BCUT2D eigenvalue weighted by Crippen LogP contribution is 2.22. The first-order chi connectivity index (χ1) is 10.8. The van der Waals surface area contributed by atoms with Gasteiger partial charge in [-0.2, -0.15) is 0 Å². The maximum Gasteiger partial charge on any atom is 0.410 e. The van der Waals surface area contributed by atoms with Gasteiger partial charge in [0.25, 0.3) is 0 Å². The Kier molecular flexibility index (Phi) is 6.32.